The van der Waals surface area contributed by atoms with Gasteiger partial charge in [0.2, 0.25) is 5.79 Å². The van der Waals surface area contributed by atoms with Gasteiger partial charge in [-0.25, -0.2) is 0 Å². The van der Waals surface area contributed by atoms with Crippen molar-refractivity contribution in [3.8, 4) is 0 Å². The fraction of sp³-hybridized carbons (Fsp3) is 0.750. The van der Waals surface area contributed by atoms with Crippen LogP contribution in [0.5, 0.6) is 0 Å². The highest BCUT2D eigenvalue weighted by Crippen LogP contribution is 2.76. The average Bonchev–Trinajstić information content (AvgIpc) is 2.75. The number of fused-ring (bicyclic) bond motifs is 2. The smallest absolute Gasteiger partial charge is 0.201 e. The van der Waals surface area contributed by atoms with Gasteiger partial charge in [0.25, 0.3) is 0 Å². The van der Waals surface area contributed by atoms with Gasteiger partial charge in [0.15, 0.2) is 5.78 Å². The van der Waals surface area contributed by atoms with Crippen LogP contribution in [0.2, 0.25) is 0 Å². The van der Waals surface area contributed by atoms with E-state index in [1.54, 1.807) is 6.08 Å². The topological polar surface area (TPSA) is 87.0 Å². The monoisotopic (exact) mass is 346 g/mol. The number of aliphatic hydroxyl groups excluding tert-OH is 2. The molecule has 0 radical (unpaired) electrons. The van der Waals surface area contributed by atoms with Crippen molar-refractivity contribution in [2.45, 2.75) is 51.1 Å². The van der Waals surface area contributed by atoms with Crippen molar-refractivity contribution in [2.75, 3.05) is 6.61 Å². The van der Waals surface area contributed by atoms with Crippen molar-refractivity contribution in [1.29, 1.82) is 0 Å². The van der Waals surface area contributed by atoms with Crippen molar-refractivity contribution >= 4 is 5.78 Å². The molecule has 136 valence electrons. The van der Waals surface area contributed by atoms with E-state index in [0.29, 0.717) is 12.0 Å². The molecule has 3 saturated carbocycles. The van der Waals surface area contributed by atoms with Gasteiger partial charge in [-0.05, 0) is 48.2 Å². The molecule has 25 heavy (non-hydrogen) atoms. The van der Waals surface area contributed by atoms with E-state index in [4.69, 9.17) is 4.74 Å². The lowest BCUT2D eigenvalue weighted by Crippen LogP contribution is -2.83. The molecule has 0 aromatic heterocycles. The molecule has 0 aromatic rings. The van der Waals surface area contributed by atoms with Gasteiger partial charge < -0.3 is 20.1 Å². The predicted molar refractivity (Wildman–Crippen MR) is 89.2 cm³/mol. The van der Waals surface area contributed by atoms with E-state index >= 15 is 0 Å². The Morgan fingerprint density at radius 3 is 2.72 bits per heavy atom. The Kier molecular flexibility index (Phi) is 2.77. The van der Waals surface area contributed by atoms with E-state index in [-0.39, 0.29) is 24.2 Å². The van der Waals surface area contributed by atoms with E-state index in [2.05, 4.69) is 6.58 Å². The molecule has 8 atom stereocenters. The molecule has 5 heteroatoms. The third-order valence-electron chi connectivity index (χ3n) is 8.39. The molecule has 2 unspecified atom stereocenters. The van der Waals surface area contributed by atoms with Gasteiger partial charge in [-0.2, -0.15) is 0 Å². The number of aliphatic hydroxyl groups is 3. The van der Waals surface area contributed by atoms with Crippen molar-refractivity contribution in [1.82, 2.24) is 0 Å². The highest BCUT2D eigenvalue weighted by atomic mass is 16.6. The first-order chi connectivity index (χ1) is 11.6. The van der Waals surface area contributed by atoms with E-state index in [1.165, 1.54) is 0 Å². The minimum Gasteiger partial charge on any atom is -0.388 e. The van der Waals surface area contributed by atoms with Crippen LogP contribution >= 0.6 is 0 Å². The van der Waals surface area contributed by atoms with Gasteiger partial charge in [0.05, 0.1) is 23.5 Å². The average molecular weight is 346 g/mol. The van der Waals surface area contributed by atoms with Crippen LogP contribution in [0.1, 0.15) is 33.1 Å². The summed E-state index contributed by atoms with van der Waals surface area (Å²) >= 11 is 0. The van der Waals surface area contributed by atoms with Gasteiger partial charge in [0.1, 0.15) is 6.10 Å². The summed E-state index contributed by atoms with van der Waals surface area (Å²) in [5, 5.41) is 33.9. The molecule has 0 amide bonds. The van der Waals surface area contributed by atoms with Gasteiger partial charge in [-0.1, -0.05) is 26.5 Å². The molecule has 2 spiro atoms. The zero-order valence-electron chi connectivity index (χ0n) is 14.7. The number of hydrogen-bond acceptors (Lipinski definition) is 5. The summed E-state index contributed by atoms with van der Waals surface area (Å²) in [7, 11) is 0. The quantitative estimate of drug-likeness (QED) is 0.574. The number of ketones is 1. The lowest BCUT2D eigenvalue weighted by atomic mass is 9.37. The molecule has 6 rings (SSSR count). The molecule has 2 aliphatic heterocycles. The van der Waals surface area contributed by atoms with E-state index < -0.39 is 40.2 Å². The Hall–Kier alpha value is -1.01. The van der Waals surface area contributed by atoms with Crippen LogP contribution in [-0.2, 0) is 9.53 Å². The van der Waals surface area contributed by atoms with E-state index in [1.807, 2.05) is 19.9 Å². The fourth-order valence-corrected chi connectivity index (χ4v) is 7.41. The number of carbonyl (C=O) groups excluding carboxylic acids is 1. The lowest BCUT2D eigenvalue weighted by molar-refractivity contribution is -0.441. The summed E-state index contributed by atoms with van der Waals surface area (Å²) in [6.07, 6.45) is 3.42. The Balaban J connectivity index is 1.81. The molecule has 0 aromatic carbocycles. The third kappa shape index (κ3) is 1.40. The zero-order chi connectivity index (χ0) is 18.0. The van der Waals surface area contributed by atoms with Crippen LogP contribution in [0, 0.1) is 34.0 Å². The third-order valence-corrected chi connectivity index (χ3v) is 8.39. The molecule has 6 aliphatic rings. The first-order valence-corrected chi connectivity index (χ1v) is 9.28. The molecule has 4 bridgehead atoms. The van der Waals surface area contributed by atoms with Gasteiger partial charge >= 0.3 is 0 Å². The fourth-order valence-electron chi connectivity index (χ4n) is 7.41. The minimum absolute atomic E-state index is 0.0369. The number of ether oxygens (including phenoxy) is 1. The summed E-state index contributed by atoms with van der Waals surface area (Å²) in [6.45, 7) is 8.16. The van der Waals surface area contributed by atoms with E-state index in [9.17, 15) is 20.1 Å². The predicted octanol–water partition coefficient (Wildman–Crippen LogP) is 1.18. The second-order valence-corrected chi connectivity index (χ2v) is 9.52. The summed E-state index contributed by atoms with van der Waals surface area (Å²) < 4.78 is 5.86. The Morgan fingerprint density at radius 1 is 1.28 bits per heavy atom. The normalized spacial score (nSPS) is 58.2. The number of allylic oxidation sites excluding steroid dienone is 2. The molecule has 2 saturated heterocycles. The number of carbonyl (C=O) groups is 1. The van der Waals surface area contributed by atoms with Crippen LogP contribution in [-0.4, -0.2) is 45.7 Å². The summed E-state index contributed by atoms with van der Waals surface area (Å²) in [4.78, 5) is 13.2. The van der Waals surface area contributed by atoms with Crippen LogP contribution < -0.4 is 0 Å². The SMILES string of the molecule is C=C1C2CC[C@@H]3C(C2)([C@@H]1O)[C@@]1(O)OC[C@]32C(=O)C=CC(C)(C)[C@H]2[C@@H]1O. The molecular formula is C20H26O5. The van der Waals surface area contributed by atoms with Gasteiger partial charge in [-0.3, -0.25) is 4.79 Å². The summed E-state index contributed by atoms with van der Waals surface area (Å²) in [5.41, 5.74) is -1.66. The second-order valence-electron chi connectivity index (χ2n) is 9.52. The number of rotatable bonds is 0. The molecule has 4 aliphatic carbocycles. The van der Waals surface area contributed by atoms with Crippen molar-refractivity contribution < 1.29 is 24.9 Å². The molecule has 2 heterocycles. The first kappa shape index (κ1) is 16.2. The Bertz CT molecular complexity index is 726. The largest absolute Gasteiger partial charge is 0.388 e. The van der Waals surface area contributed by atoms with Crippen molar-refractivity contribution in [3.63, 3.8) is 0 Å². The first-order valence-electron chi connectivity index (χ1n) is 9.28. The molecular weight excluding hydrogens is 320 g/mol. The standard InChI is InChI=1S/C20H26O5/c1-10-11-4-5-12-18-9-25-20(24,19(12,8-11)15(10)22)16(23)14(18)17(2,3)7-6-13(18)21/h6-7,11-12,14-16,22-24H,1,4-5,8-9H2,2-3H3/t11?,12-,14+,15+,16-,18+,19?,20-/m0/s1. The zero-order valence-corrected chi connectivity index (χ0v) is 14.7. The maximum atomic E-state index is 13.2. The van der Waals surface area contributed by atoms with Gasteiger partial charge in [0, 0.05) is 5.92 Å². The lowest BCUT2D eigenvalue weighted by Gasteiger charge is -2.72. The maximum absolute atomic E-state index is 13.2. The Labute approximate surface area is 147 Å². The second kappa shape index (κ2) is 4.28. The molecule has 5 nitrogen and oxygen atoms in total. The van der Waals surface area contributed by atoms with Crippen molar-refractivity contribution in [3.05, 3.63) is 24.3 Å². The van der Waals surface area contributed by atoms with Crippen molar-refractivity contribution in [2.24, 2.45) is 34.0 Å². The Morgan fingerprint density at radius 2 is 2.00 bits per heavy atom. The van der Waals surface area contributed by atoms with Crippen LogP contribution in [0.3, 0.4) is 0 Å². The molecule has 3 N–H and O–H groups in total. The number of hydrogen-bond donors (Lipinski definition) is 3. The molecule has 5 fully saturated rings. The van der Waals surface area contributed by atoms with Crippen LogP contribution in [0.25, 0.3) is 0 Å². The van der Waals surface area contributed by atoms with Crippen LogP contribution in [0.4, 0.5) is 0 Å². The maximum Gasteiger partial charge on any atom is 0.201 e. The minimum atomic E-state index is -1.84. The highest BCUT2D eigenvalue weighted by Gasteiger charge is 2.83. The van der Waals surface area contributed by atoms with Gasteiger partial charge in [-0.15, -0.1) is 0 Å². The summed E-state index contributed by atoms with van der Waals surface area (Å²) in [5.74, 6) is -2.41. The van der Waals surface area contributed by atoms with Crippen LogP contribution in [0.15, 0.2) is 24.3 Å². The highest BCUT2D eigenvalue weighted by molar-refractivity contribution is 5.97. The summed E-state index contributed by atoms with van der Waals surface area (Å²) in [6, 6.07) is 0. The van der Waals surface area contributed by atoms with E-state index in [0.717, 1.165) is 12.8 Å².